The molecule has 2 rings (SSSR count). The Kier molecular flexibility index (Phi) is 2.64. The van der Waals surface area contributed by atoms with Gasteiger partial charge in [0.05, 0.1) is 10.7 Å². The number of anilines is 1. The molecule has 0 saturated heterocycles. The summed E-state index contributed by atoms with van der Waals surface area (Å²) in [5.41, 5.74) is 1.83. The Hall–Kier alpha value is -1.49. The molecule has 1 N–H and O–H groups in total. The molecule has 0 amide bonds. The molecule has 15 heavy (non-hydrogen) atoms. The van der Waals surface area contributed by atoms with Crippen molar-refractivity contribution in [3.05, 3.63) is 22.1 Å². The molecule has 0 unspecified atom stereocenters. The van der Waals surface area contributed by atoms with E-state index in [9.17, 15) is 0 Å². The van der Waals surface area contributed by atoms with Crippen molar-refractivity contribution in [1.29, 1.82) is 0 Å². The van der Waals surface area contributed by atoms with Crippen LogP contribution >= 0.6 is 11.3 Å². The minimum Gasteiger partial charge on any atom is -0.357 e. The minimum absolute atomic E-state index is 0.623. The van der Waals surface area contributed by atoms with Crippen molar-refractivity contribution in [2.24, 2.45) is 0 Å². The van der Waals surface area contributed by atoms with Gasteiger partial charge in [0.2, 0.25) is 5.95 Å². The van der Waals surface area contributed by atoms with Gasteiger partial charge in [0.15, 0.2) is 0 Å². The molecule has 0 aliphatic carbocycles. The number of hydrogen-bond acceptors (Lipinski definition) is 5. The van der Waals surface area contributed by atoms with Gasteiger partial charge in [0.25, 0.3) is 0 Å². The average Bonchev–Trinajstić information content (AvgIpc) is 2.58. The topological polar surface area (TPSA) is 50.7 Å². The lowest BCUT2D eigenvalue weighted by molar-refractivity contribution is 1.14. The largest absolute Gasteiger partial charge is 0.357 e. The van der Waals surface area contributed by atoms with E-state index in [1.807, 2.05) is 13.0 Å². The first-order valence-electron chi connectivity index (χ1n) is 4.66. The van der Waals surface area contributed by atoms with Gasteiger partial charge in [-0.2, -0.15) is 0 Å². The zero-order valence-corrected chi connectivity index (χ0v) is 9.72. The van der Waals surface area contributed by atoms with Crippen LogP contribution in [0.1, 0.15) is 9.88 Å². The van der Waals surface area contributed by atoms with Gasteiger partial charge in [-0.25, -0.2) is 15.0 Å². The lowest BCUT2D eigenvalue weighted by Gasteiger charge is -2.00. The number of hydrogen-bond donors (Lipinski definition) is 1. The van der Waals surface area contributed by atoms with E-state index in [4.69, 9.17) is 0 Å². The fourth-order valence-corrected chi connectivity index (χ4v) is 2.20. The molecule has 4 nitrogen and oxygen atoms in total. The van der Waals surface area contributed by atoms with E-state index in [0.717, 1.165) is 16.4 Å². The third-order valence-electron chi connectivity index (χ3n) is 2.03. The number of nitrogens with one attached hydrogen (secondary N) is 1. The van der Waals surface area contributed by atoms with Crippen molar-refractivity contribution in [2.75, 3.05) is 12.4 Å². The second kappa shape index (κ2) is 3.94. The number of aryl methyl sites for hydroxylation is 2. The van der Waals surface area contributed by atoms with E-state index in [-0.39, 0.29) is 0 Å². The van der Waals surface area contributed by atoms with Crippen LogP contribution in [-0.2, 0) is 0 Å². The third kappa shape index (κ3) is 1.97. The molecular weight excluding hydrogens is 208 g/mol. The molecule has 0 aromatic carbocycles. The first-order chi connectivity index (χ1) is 7.20. The zero-order valence-electron chi connectivity index (χ0n) is 8.90. The maximum absolute atomic E-state index is 4.46. The molecule has 2 aromatic rings. The third-order valence-corrected chi connectivity index (χ3v) is 2.91. The normalized spacial score (nSPS) is 10.3. The standard InChI is InChI=1S/C10H12N4S/c1-6-9(13-7(2)15-6)8-4-5-12-10(11-3)14-8/h4-5H,1-3H3,(H,11,12,14). The summed E-state index contributed by atoms with van der Waals surface area (Å²) in [6.07, 6.45) is 1.74. The summed E-state index contributed by atoms with van der Waals surface area (Å²) < 4.78 is 0. The van der Waals surface area contributed by atoms with Crippen LogP contribution in [0.4, 0.5) is 5.95 Å². The predicted molar refractivity (Wildman–Crippen MR) is 62.2 cm³/mol. The molecule has 0 atom stereocenters. The number of nitrogens with zero attached hydrogens (tertiary/aromatic N) is 3. The van der Waals surface area contributed by atoms with Crippen LogP contribution in [0.5, 0.6) is 0 Å². The first-order valence-corrected chi connectivity index (χ1v) is 5.47. The number of thiazole rings is 1. The molecule has 2 heterocycles. The lowest BCUT2D eigenvalue weighted by atomic mass is 10.3. The average molecular weight is 220 g/mol. The van der Waals surface area contributed by atoms with Crippen molar-refractivity contribution in [3.8, 4) is 11.4 Å². The quantitative estimate of drug-likeness (QED) is 0.843. The SMILES string of the molecule is CNc1nccc(-c2nc(C)sc2C)n1. The Balaban J connectivity index is 2.49. The molecule has 0 aliphatic heterocycles. The maximum atomic E-state index is 4.46. The van der Waals surface area contributed by atoms with Crippen LogP contribution in [0.15, 0.2) is 12.3 Å². The Morgan fingerprint density at radius 3 is 2.67 bits per heavy atom. The summed E-state index contributed by atoms with van der Waals surface area (Å²) >= 11 is 1.69. The van der Waals surface area contributed by atoms with Crippen LogP contribution < -0.4 is 5.32 Å². The van der Waals surface area contributed by atoms with E-state index < -0.39 is 0 Å². The highest BCUT2D eigenvalue weighted by Gasteiger charge is 2.09. The van der Waals surface area contributed by atoms with Gasteiger partial charge < -0.3 is 5.32 Å². The second-order valence-electron chi connectivity index (χ2n) is 3.15. The molecule has 0 radical (unpaired) electrons. The molecular formula is C10H12N4S. The molecule has 0 fully saturated rings. The Labute approximate surface area is 92.4 Å². The summed E-state index contributed by atoms with van der Waals surface area (Å²) in [6, 6.07) is 1.88. The Bertz CT molecular complexity index is 478. The fourth-order valence-electron chi connectivity index (χ4n) is 1.38. The van der Waals surface area contributed by atoms with Crippen LogP contribution in [0, 0.1) is 13.8 Å². The Morgan fingerprint density at radius 1 is 1.27 bits per heavy atom. The highest BCUT2D eigenvalue weighted by Crippen LogP contribution is 2.25. The molecule has 0 bridgehead atoms. The van der Waals surface area contributed by atoms with E-state index in [2.05, 4.69) is 27.2 Å². The van der Waals surface area contributed by atoms with Crippen LogP contribution in [0.25, 0.3) is 11.4 Å². The summed E-state index contributed by atoms with van der Waals surface area (Å²) in [4.78, 5) is 14.1. The predicted octanol–water partition coefficient (Wildman–Crippen LogP) is 2.26. The van der Waals surface area contributed by atoms with Crippen molar-refractivity contribution >= 4 is 17.3 Å². The molecule has 0 saturated carbocycles. The second-order valence-corrected chi connectivity index (χ2v) is 4.56. The van der Waals surface area contributed by atoms with Crippen LogP contribution in [-0.4, -0.2) is 22.0 Å². The van der Waals surface area contributed by atoms with Crippen LogP contribution in [0.3, 0.4) is 0 Å². The van der Waals surface area contributed by atoms with Crippen LogP contribution in [0.2, 0.25) is 0 Å². The van der Waals surface area contributed by atoms with Crippen molar-refractivity contribution < 1.29 is 0 Å². The smallest absolute Gasteiger partial charge is 0.222 e. The van der Waals surface area contributed by atoms with Gasteiger partial charge in [-0.3, -0.25) is 0 Å². The lowest BCUT2D eigenvalue weighted by Crippen LogP contribution is -1.97. The van der Waals surface area contributed by atoms with Crippen molar-refractivity contribution in [1.82, 2.24) is 15.0 Å². The zero-order chi connectivity index (χ0) is 10.8. The highest BCUT2D eigenvalue weighted by atomic mass is 32.1. The van der Waals surface area contributed by atoms with Crippen molar-refractivity contribution in [3.63, 3.8) is 0 Å². The summed E-state index contributed by atoms with van der Waals surface area (Å²) in [5, 5.41) is 3.98. The molecule has 0 aliphatic rings. The highest BCUT2D eigenvalue weighted by molar-refractivity contribution is 7.11. The van der Waals surface area contributed by atoms with E-state index in [1.54, 1.807) is 24.6 Å². The molecule has 5 heteroatoms. The summed E-state index contributed by atoms with van der Waals surface area (Å²) in [7, 11) is 1.80. The van der Waals surface area contributed by atoms with Gasteiger partial charge in [-0.05, 0) is 19.9 Å². The van der Waals surface area contributed by atoms with E-state index >= 15 is 0 Å². The van der Waals surface area contributed by atoms with Gasteiger partial charge in [0.1, 0.15) is 5.69 Å². The van der Waals surface area contributed by atoms with E-state index in [0.29, 0.717) is 5.95 Å². The van der Waals surface area contributed by atoms with Gasteiger partial charge >= 0.3 is 0 Å². The summed E-state index contributed by atoms with van der Waals surface area (Å²) in [5.74, 6) is 0.623. The minimum atomic E-state index is 0.623. The van der Waals surface area contributed by atoms with Gasteiger partial charge in [-0.1, -0.05) is 0 Å². The molecule has 0 spiro atoms. The fraction of sp³-hybridized carbons (Fsp3) is 0.300. The maximum Gasteiger partial charge on any atom is 0.222 e. The number of aromatic nitrogens is 3. The number of rotatable bonds is 2. The summed E-state index contributed by atoms with van der Waals surface area (Å²) in [6.45, 7) is 4.06. The first kappa shape index (κ1) is 10.0. The Morgan fingerprint density at radius 2 is 2.07 bits per heavy atom. The van der Waals surface area contributed by atoms with Crippen molar-refractivity contribution in [2.45, 2.75) is 13.8 Å². The van der Waals surface area contributed by atoms with E-state index in [1.165, 1.54) is 4.88 Å². The molecule has 78 valence electrons. The monoisotopic (exact) mass is 220 g/mol. The molecule has 2 aromatic heterocycles. The van der Waals surface area contributed by atoms with Gasteiger partial charge in [-0.15, -0.1) is 11.3 Å². The van der Waals surface area contributed by atoms with Gasteiger partial charge in [0, 0.05) is 18.1 Å².